The van der Waals surface area contributed by atoms with Crippen LogP contribution in [0.4, 0.5) is 0 Å². The summed E-state index contributed by atoms with van der Waals surface area (Å²) in [5, 5.41) is 13.0. The molecule has 2 N–H and O–H groups in total. The predicted molar refractivity (Wildman–Crippen MR) is 49.2 cm³/mol. The number of amides is 1. The zero-order valence-electron chi connectivity index (χ0n) is 8.10. The molecule has 1 amide bonds. The molecule has 0 atom stereocenters. The molecule has 0 heterocycles. The van der Waals surface area contributed by atoms with Crippen molar-refractivity contribution in [2.75, 3.05) is 0 Å². The SMILES string of the molecule is CCC(=O)NC12CCC(O)(CC1)C2. The van der Waals surface area contributed by atoms with Crippen LogP contribution in [0.2, 0.25) is 0 Å². The monoisotopic (exact) mass is 183 g/mol. The second kappa shape index (κ2) is 2.71. The minimum Gasteiger partial charge on any atom is -0.390 e. The first-order chi connectivity index (χ1) is 6.08. The van der Waals surface area contributed by atoms with Gasteiger partial charge in [0.1, 0.15) is 0 Å². The fourth-order valence-electron chi connectivity index (χ4n) is 2.73. The lowest BCUT2D eigenvalue weighted by Gasteiger charge is -2.27. The Balaban J connectivity index is 2.03. The standard InChI is InChI=1S/C10H17NO2/c1-2-8(12)11-9-3-5-10(13,7-9)6-4-9/h13H,2-7H2,1H3,(H,11,12). The van der Waals surface area contributed by atoms with Crippen molar-refractivity contribution < 1.29 is 9.90 Å². The second-order valence-electron chi connectivity index (χ2n) is 4.58. The molecule has 0 saturated heterocycles. The van der Waals surface area contributed by atoms with E-state index in [2.05, 4.69) is 5.32 Å². The van der Waals surface area contributed by atoms with Crippen molar-refractivity contribution in [2.45, 2.75) is 56.6 Å². The summed E-state index contributed by atoms with van der Waals surface area (Å²) in [6.45, 7) is 1.86. The average molecular weight is 183 g/mol. The molecule has 0 aliphatic heterocycles. The Morgan fingerprint density at radius 2 is 2.00 bits per heavy atom. The van der Waals surface area contributed by atoms with Crippen LogP contribution in [0.1, 0.15) is 45.4 Å². The molecule has 0 aromatic rings. The summed E-state index contributed by atoms with van der Waals surface area (Å²) in [5.41, 5.74) is -0.511. The predicted octanol–water partition coefficient (Wildman–Crippen LogP) is 0.960. The van der Waals surface area contributed by atoms with E-state index < -0.39 is 5.60 Å². The van der Waals surface area contributed by atoms with Crippen LogP contribution in [0.5, 0.6) is 0 Å². The minimum atomic E-state index is -0.457. The summed E-state index contributed by atoms with van der Waals surface area (Å²) in [4.78, 5) is 11.3. The Morgan fingerprint density at radius 1 is 1.38 bits per heavy atom. The second-order valence-corrected chi connectivity index (χ2v) is 4.58. The van der Waals surface area contributed by atoms with E-state index in [1.165, 1.54) is 0 Å². The molecule has 3 nitrogen and oxygen atoms in total. The molecular weight excluding hydrogens is 166 g/mol. The third-order valence-electron chi connectivity index (χ3n) is 3.53. The van der Waals surface area contributed by atoms with Gasteiger partial charge in [-0.05, 0) is 32.1 Å². The number of aliphatic hydroxyl groups is 1. The van der Waals surface area contributed by atoms with Crippen molar-refractivity contribution in [3.05, 3.63) is 0 Å². The number of nitrogens with one attached hydrogen (secondary N) is 1. The lowest BCUT2D eigenvalue weighted by atomic mass is 9.92. The number of rotatable bonds is 2. The largest absolute Gasteiger partial charge is 0.390 e. The lowest BCUT2D eigenvalue weighted by Crippen LogP contribution is -2.44. The van der Waals surface area contributed by atoms with Gasteiger partial charge in [0, 0.05) is 12.0 Å². The molecule has 74 valence electrons. The van der Waals surface area contributed by atoms with Gasteiger partial charge in [0.15, 0.2) is 0 Å². The fourth-order valence-corrected chi connectivity index (χ4v) is 2.73. The molecule has 2 saturated carbocycles. The summed E-state index contributed by atoms with van der Waals surface area (Å²) in [7, 11) is 0. The van der Waals surface area contributed by atoms with Gasteiger partial charge in [0.2, 0.25) is 5.91 Å². The van der Waals surface area contributed by atoms with Gasteiger partial charge >= 0.3 is 0 Å². The molecule has 0 aromatic heterocycles. The molecule has 3 heteroatoms. The van der Waals surface area contributed by atoms with Crippen LogP contribution in [-0.2, 0) is 4.79 Å². The molecule has 2 aliphatic rings. The van der Waals surface area contributed by atoms with Gasteiger partial charge in [0.05, 0.1) is 5.60 Å². The highest BCUT2D eigenvalue weighted by atomic mass is 16.3. The first-order valence-corrected chi connectivity index (χ1v) is 5.11. The number of hydrogen-bond acceptors (Lipinski definition) is 2. The number of fused-ring (bicyclic) bond motifs is 2. The van der Waals surface area contributed by atoms with E-state index >= 15 is 0 Å². The number of carbonyl (C=O) groups excluding carboxylic acids is 1. The van der Waals surface area contributed by atoms with E-state index in [1.54, 1.807) is 0 Å². The minimum absolute atomic E-state index is 0.0537. The molecule has 0 radical (unpaired) electrons. The van der Waals surface area contributed by atoms with Gasteiger partial charge in [-0.15, -0.1) is 0 Å². The van der Waals surface area contributed by atoms with Crippen molar-refractivity contribution in [3.63, 3.8) is 0 Å². The quantitative estimate of drug-likeness (QED) is 0.670. The van der Waals surface area contributed by atoms with Gasteiger partial charge in [-0.2, -0.15) is 0 Å². The molecule has 2 bridgehead atoms. The van der Waals surface area contributed by atoms with E-state index in [9.17, 15) is 9.90 Å². The van der Waals surface area contributed by atoms with Crippen LogP contribution in [0.3, 0.4) is 0 Å². The van der Waals surface area contributed by atoms with Crippen LogP contribution in [-0.4, -0.2) is 22.2 Å². The summed E-state index contributed by atoms with van der Waals surface area (Å²) < 4.78 is 0. The Labute approximate surface area is 78.5 Å². The molecule has 2 fully saturated rings. The average Bonchev–Trinajstić information content (AvgIpc) is 2.57. The highest BCUT2D eigenvalue weighted by molar-refractivity contribution is 5.76. The number of hydrogen-bond donors (Lipinski definition) is 2. The first-order valence-electron chi connectivity index (χ1n) is 5.11. The van der Waals surface area contributed by atoms with E-state index in [0.717, 1.165) is 32.1 Å². The van der Waals surface area contributed by atoms with Gasteiger partial charge in [-0.1, -0.05) is 6.92 Å². The van der Waals surface area contributed by atoms with Crippen molar-refractivity contribution in [2.24, 2.45) is 0 Å². The lowest BCUT2D eigenvalue weighted by molar-refractivity contribution is -0.122. The molecule has 0 aromatic carbocycles. The Morgan fingerprint density at radius 3 is 2.38 bits per heavy atom. The number of carbonyl (C=O) groups is 1. The first kappa shape index (κ1) is 9.00. The molecule has 13 heavy (non-hydrogen) atoms. The van der Waals surface area contributed by atoms with Crippen molar-refractivity contribution in [1.82, 2.24) is 5.32 Å². The van der Waals surface area contributed by atoms with Crippen molar-refractivity contribution in [3.8, 4) is 0 Å². The maximum absolute atomic E-state index is 11.3. The molecule has 0 unspecified atom stereocenters. The zero-order valence-corrected chi connectivity index (χ0v) is 8.10. The van der Waals surface area contributed by atoms with Gasteiger partial charge in [-0.25, -0.2) is 0 Å². The zero-order chi connectivity index (χ0) is 9.53. The topological polar surface area (TPSA) is 49.3 Å². The van der Waals surface area contributed by atoms with E-state index in [0.29, 0.717) is 6.42 Å². The van der Waals surface area contributed by atoms with Crippen LogP contribution in [0.15, 0.2) is 0 Å². The van der Waals surface area contributed by atoms with Crippen LogP contribution >= 0.6 is 0 Å². The molecular formula is C10H17NO2. The van der Waals surface area contributed by atoms with E-state index in [1.807, 2.05) is 6.92 Å². The van der Waals surface area contributed by atoms with Gasteiger partial charge < -0.3 is 10.4 Å². The van der Waals surface area contributed by atoms with Crippen LogP contribution in [0.25, 0.3) is 0 Å². The molecule has 0 spiro atoms. The highest BCUT2D eigenvalue weighted by Gasteiger charge is 2.53. The molecule has 2 aliphatic carbocycles. The Bertz CT molecular complexity index is 229. The van der Waals surface area contributed by atoms with Gasteiger partial charge in [0.25, 0.3) is 0 Å². The summed E-state index contributed by atoms with van der Waals surface area (Å²) in [6.07, 6.45) is 4.93. The smallest absolute Gasteiger partial charge is 0.220 e. The third kappa shape index (κ3) is 1.46. The van der Waals surface area contributed by atoms with Gasteiger partial charge in [-0.3, -0.25) is 4.79 Å². The normalized spacial score (nSPS) is 42.3. The van der Waals surface area contributed by atoms with Crippen LogP contribution < -0.4 is 5.32 Å². The maximum Gasteiger partial charge on any atom is 0.220 e. The molecule has 2 rings (SSSR count). The van der Waals surface area contributed by atoms with Crippen LogP contribution in [0, 0.1) is 0 Å². The Hall–Kier alpha value is -0.570. The third-order valence-corrected chi connectivity index (χ3v) is 3.53. The van der Waals surface area contributed by atoms with E-state index in [-0.39, 0.29) is 11.4 Å². The summed E-state index contributed by atoms with van der Waals surface area (Å²) >= 11 is 0. The fraction of sp³-hybridized carbons (Fsp3) is 0.900. The van der Waals surface area contributed by atoms with E-state index in [4.69, 9.17) is 0 Å². The highest BCUT2D eigenvalue weighted by Crippen LogP contribution is 2.50. The maximum atomic E-state index is 11.3. The summed E-state index contributed by atoms with van der Waals surface area (Å²) in [6, 6.07) is 0. The van der Waals surface area contributed by atoms with Crippen molar-refractivity contribution in [1.29, 1.82) is 0 Å². The van der Waals surface area contributed by atoms with Crippen molar-refractivity contribution >= 4 is 5.91 Å². The summed E-state index contributed by atoms with van der Waals surface area (Å²) in [5.74, 6) is 0.117. The Kier molecular flexibility index (Phi) is 1.88.